The molecule has 0 spiro atoms. The molecule has 0 N–H and O–H groups in total. The topological polar surface area (TPSA) is 0 Å². The molecule has 0 amide bonds. The Morgan fingerprint density at radius 3 is 2.50 bits per heavy atom. The fraction of sp³-hybridized carbons (Fsp3) is 0.364. The summed E-state index contributed by atoms with van der Waals surface area (Å²) in [6.07, 6.45) is 10.7. The van der Waals surface area contributed by atoms with Gasteiger partial charge < -0.3 is 0 Å². The van der Waals surface area contributed by atoms with Crippen LogP contribution in [0.3, 0.4) is 0 Å². The lowest BCUT2D eigenvalue weighted by molar-refractivity contribution is 0.553. The Hall–Kier alpha value is -1.82. The van der Waals surface area contributed by atoms with Gasteiger partial charge in [-0.2, -0.15) is 0 Å². The molecule has 0 saturated carbocycles. The van der Waals surface area contributed by atoms with Crippen molar-refractivity contribution < 1.29 is 0 Å². The SMILES string of the molecule is C/C=C/C1CCc2cc(-c3ccc(CCC)cc3)ccc2C1. The van der Waals surface area contributed by atoms with E-state index in [-0.39, 0.29) is 0 Å². The van der Waals surface area contributed by atoms with Gasteiger partial charge in [-0.25, -0.2) is 0 Å². The van der Waals surface area contributed by atoms with Gasteiger partial charge in [0.15, 0.2) is 0 Å². The minimum Gasteiger partial charge on any atom is -0.0914 e. The second-order valence-electron chi connectivity index (χ2n) is 6.46. The van der Waals surface area contributed by atoms with Gasteiger partial charge in [-0.15, -0.1) is 0 Å². The first-order valence-electron chi connectivity index (χ1n) is 8.64. The van der Waals surface area contributed by atoms with Crippen LogP contribution in [0.15, 0.2) is 54.6 Å². The van der Waals surface area contributed by atoms with Crippen LogP contribution in [0, 0.1) is 5.92 Å². The molecule has 0 radical (unpaired) electrons. The van der Waals surface area contributed by atoms with Gasteiger partial charge in [0.05, 0.1) is 0 Å². The van der Waals surface area contributed by atoms with Crippen LogP contribution in [0.2, 0.25) is 0 Å². The second-order valence-corrected chi connectivity index (χ2v) is 6.46. The molecule has 0 fully saturated rings. The van der Waals surface area contributed by atoms with E-state index in [2.05, 4.69) is 68.5 Å². The maximum Gasteiger partial charge on any atom is -0.0181 e. The Morgan fingerprint density at radius 1 is 1.00 bits per heavy atom. The molecule has 1 unspecified atom stereocenters. The van der Waals surface area contributed by atoms with E-state index in [9.17, 15) is 0 Å². The largest absolute Gasteiger partial charge is 0.0914 e. The molecule has 22 heavy (non-hydrogen) atoms. The lowest BCUT2D eigenvalue weighted by Gasteiger charge is -2.23. The van der Waals surface area contributed by atoms with Gasteiger partial charge in [-0.3, -0.25) is 0 Å². The summed E-state index contributed by atoms with van der Waals surface area (Å²) in [6.45, 7) is 4.36. The Balaban J connectivity index is 1.82. The average molecular weight is 290 g/mol. The van der Waals surface area contributed by atoms with E-state index in [0.717, 1.165) is 5.92 Å². The van der Waals surface area contributed by atoms with Gasteiger partial charge in [-0.05, 0) is 66.3 Å². The van der Waals surface area contributed by atoms with Crippen molar-refractivity contribution in [2.24, 2.45) is 5.92 Å². The van der Waals surface area contributed by atoms with E-state index in [1.165, 1.54) is 48.8 Å². The molecule has 1 aliphatic carbocycles. The first-order chi connectivity index (χ1) is 10.8. The molecule has 0 heteroatoms. The number of hydrogen-bond acceptors (Lipinski definition) is 0. The zero-order valence-corrected chi connectivity index (χ0v) is 13.8. The van der Waals surface area contributed by atoms with Gasteiger partial charge in [0.2, 0.25) is 0 Å². The summed E-state index contributed by atoms with van der Waals surface area (Å²) in [6, 6.07) is 16.2. The number of aryl methyl sites for hydroxylation is 2. The Labute approximate surface area is 134 Å². The van der Waals surface area contributed by atoms with E-state index in [4.69, 9.17) is 0 Å². The molecule has 2 aromatic rings. The van der Waals surface area contributed by atoms with Crippen LogP contribution in [0.25, 0.3) is 11.1 Å². The summed E-state index contributed by atoms with van der Waals surface area (Å²) in [5.41, 5.74) is 7.25. The average Bonchev–Trinajstić information content (AvgIpc) is 2.56. The third kappa shape index (κ3) is 3.32. The minimum atomic E-state index is 0.733. The predicted molar refractivity (Wildman–Crippen MR) is 96.2 cm³/mol. The standard InChI is InChI=1S/C22H26/c1-3-5-17-7-10-19(11-8-17)21-14-13-20-15-18(6-4-2)9-12-22(20)16-21/h4,6-8,10-11,13-14,16,18H,3,5,9,12,15H2,1-2H3/b6-4+. The molecule has 0 heterocycles. The number of allylic oxidation sites excluding steroid dienone is 2. The van der Waals surface area contributed by atoms with Gasteiger partial charge in [0, 0.05) is 0 Å². The van der Waals surface area contributed by atoms with E-state index in [1.54, 1.807) is 11.1 Å². The molecular formula is C22H26. The quantitative estimate of drug-likeness (QED) is 0.607. The lowest BCUT2D eigenvalue weighted by Crippen LogP contribution is -2.12. The van der Waals surface area contributed by atoms with E-state index in [0.29, 0.717) is 0 Å². The third-order valence-corrected chi connectivity index (χ3v) is 4.76. The first-order valence-corrected chi connectivity index (χ1v) is 8.64. The van der Waals surface area contributed by atoms with Gasteiger partial charge >= 0.3 is 0 Å². The smallest absolute Gasteiger partial charge is 0.0181 e. The normalized spacial score (nSPS) is 17.6. The molecular weight excluding hydrogens is 264 g/mol. The summed E-state index contributed by atoms with van der Waals surface area (Å²) >= 11 is 0. The Morgan fingerprint density at radius 2 is 1.77 bits per heavy atom. The van der Waals surface area contributed by atoms with E-state index >= 15 is 0 Å². The van der Waals surface area contributed by atoms with Crippen LogP contribution in [0.5, 0.6) is 0 Å². The van der Waals surface area contributed by atoms with Crippen molar-refractivity contribution in [1.82, 2.24) is 0 Å². The summed E-state index contributed by atoms with van der Waals surface area (Å²) in [5.74, 6) is 0.733. The van der Waals surface area contributed by atoms with Gasteiger partial charge in [0.25, 0.3) is 0 Å². The Kier molecular flexibility index (Phi) is 4.77. The minimum absolute atomic E-state index is 0.733. The van der Waals surface area contributed by atoms with Crippen molar-refractivity contribution in [1.29, 1.82) is 0 Å². The molecule has 0 nitrogen and oxygen atoms in total. The molecule has 114 valence electrons. The van der Waals surface area contributed by atoms with Crippen molar-refractivity contribution in [3.8, 4) is 11.1 Å². The summed E-state index contributed by atoms with van der Waals surface area (Å²) < 4.78 is 0. The summed E-state index contributed by atoms with van der Waals surface area (Å²) in [7, 11) is 0. The first kappa shape index (κ1) is 15.1. The number of rotatable bonds is 4. The van der Waals surface area contributed by atoms with Crippen LogP contribution >= 0.6 is 0 Å². The van der Waals surface area contributed by atoms with Crippen molar-refractivity contribution in [3.05, 3.63) is 71.3 Å². The van der Waals surface area contributed by atoms with Crippen molar-refractivity contribution in [2.45, 2.75) is 46.0 Å². The highest BCUT2D eigenvalue weighted by Gasteiger charge is 2.16. The highest BCUT2D eigenvalue weighted by atomic mass is 14.2. The highest BCUT2D eigenvalue weighted by Crippen LogP contribution is 2.30. The number of benzene rings is 2. The highest BCUT2D eigenvalue weighted by molar-refractivity contribution is 5.65. The lowest BCUT2D eigenvalue weighted by atomic mass is 9.82. The summed E-state index contributed by atoms with van der Waals surface area (Å²) in [5, 5.41) is 0. The number of hydrogen-bond donors (Lipinski definition) is 0. The third-order valence-electron chi connectivity index (χ3n) is 4.76. The van der Waals surface area contributed by atoms with Crippen molar-refractivity contribution in [2.75, 3.05) is 0 Å². The van der Waals surface area contributed by atoms with Crippen LogP contribution < -0.4 is 0 Å². The van der Waals surface area contributed by atoms with Crippen LogP contribution in [0.1, 0.15) is 43.4 Å². The molecule has 3 rings (SSSR count). The monoisotopic (exact) mass is 290 g/mol. The van der Waals surface area contributed by atoms with Crippen molar-refractivity contribution in [3.63, 3.8) is 0 Å². The van der Waals surface area contributed by atoms with Crippen molar-refractivity contribution >= 4 is 0 Å². The maximum atomic E-state index is 2.41. The molecule has 0 aliphatic heterocycles. The van der Waals surface area contributed by atoms with Gasteiger partial charge in [-0.1, -0.05) is 68.0 Å². The molecule has 0 saturated heterocycles. The predicted octanol–water partition coefficient (Wildman–Crippen LogP) is 5.99. The fourth-order valence-corrected chi connectivity index (χ4v) is 3.55. The molecule has 2 aromatic carbocycles. The van der Waals surface area contributed by atoms with Crippen LogP contribution in [-0.4, -0.2) is 0 Å². The molecule has 0 bridgehead atoms. The number of fused-ring (bicyclic) bond motifs is 1. The van der Waals surface area contributed by atoms with E-state index in [1.807, 2.05) is 0 Å². The van der Waals surface area contributed by atoms with Crippen LogP contribution in [-0.2, 0) is 19.3 Å². The van der Waals surface area contributed by atoms with Gasteiger partial charge in [0.1, 0.15) is 0 Å². The summed E-state index contributed by atoms with van der Waals surface area (Å²) in [4.78, 5) is 0. The molecule has 0 aromatic heterocycles. The zero-order chi connectivity index (χ0) is 15.4. The van der Waals surface area contributed by atoms with Crippen LogP contribution in [0.4, 0.5) is 0 Å². The second kappa shape index (κ2) is 6.96. The molecule has 1 atom stereocenters. The Bertz CT molecular complexity index is 646. The van der Waals surface area contributed by atoms with E-state index < -0.39 is 0 Å². The molecule has 1 aliphatic rings. The fourth-order valence-electron chi connectivity index (χ4n) is 3.55. The zero-order valence-electron chi connectivity index (χ0n) is 13.8. The maximum absolute atomic E-state index is 2.41.